The first-order valence-corrected chi connectivity index (χ1v) is 19.3. The van der Waals surface area contributed by atoms with Crippen LogP contribution in [0.1, 0.15) is 54.3 Å². The van der Waals surface area contributed by atoms with Gasteiger partial charge >= 0.3 is 35.8 Å². The van der Waals surface area contributed by atoms with Gasteiger partial charge in [-0.1, -0.05) is 0 Å². The number of rotatable bonds is 24. The first kappa shape index (κ1) is 56.4. The van der Waals surface area contributed by atoms with E-state index in [0.717, 1.165) is 24.3 Å². The largest absolute Gasteiger partial charge is 0.490 e. The topological polar surface area (TPSA) is 411 Å². The minimum Gasteiger partial charge on any atom is -0.490 e. The summed E-state index contributed by atoms with van der Waals surface area (Å²) in [6.07, 6.45) is -1.90. The number of nitrogens with one attached hydrogen (secondary N) is 6. The molecule has 25 nitrogen and oxygen atoms in total. The number of hydrogen-bond donors (Lipinski definition) is 12. The summed E-state index contributed by atoms with van der Waals surface area (Å²) in [5.41, 5.74) is 11.1. The van der Waals surface area contributed by atoms with Crippen molar-refractivity contribution in [3.8, 4) is 23.0 Å². The van der Waals surface area contributed by atoms with Crippen molar-refractivity contribution in [2.75, 3.05) is 37.1 Å². The number of anilines is 2. The van der Waals surface area contributed by atoms with Crippen LogP contribution < -0.4 is 51.7 Å². The lowest BCUT2D eigenvalue weighted by Crippen LogP contribution is -2.42. The predicted octanol–water partition coefficient (Wildman–Crippen LogP) is 2.37. The number of esters is 2. The maximum atomic E-state index is 13.2. The molecule has 0 saturated heterocycles. The van der Waals surface area contributed by atoms with Gasteiger partial charge in [0.15, 0.2) is 11.9 Å². The van der Waals surface area contributed by atoms with E-state index in [1.165, 1.54) is 60.7 Å². The SMILES string of the molecule is Cl.Cl.N=C(N)Nc1ccc(C(=O)Oc2ccc(C(=O)NC(CC(=O)O)C(=O)O)c(OCCOCCOc3cc(OC(=O)c4ccc(NC(=N)N)cc4)ccc3C(=O)NC(CC(=O)O)C(=O)O)c2)cc1. The molecule has 0 aliphatic carbocycles. The number of aliphatic carboxylic acids is 4. The van der Waals surface area contributed by atoms with Crippen molar-refractivity contribution in [1.82, 2.24) is 10.6 Å². The van der Waals surface area contributed by atoms with Gasteiger partial charge in [0.25, 0.3) is 11.8 Å². The van der Waals surface area contributed by atoms with Gasteiger partial charge in [-0.15, -0.1) is 24.8 Å². The van der Waals surface area contributed by atoms with E-state index in [-0.39, 0.29) is 108 Å². The molecule has 4 rings (SSSR count). The zero-order chi connectivity index (χ0) is 49.2. The third-order valence-electron chi connectivity index (χ3n) is 8.55. The molecule has 0 spiro atoms. The second kappa shape index (κ2) is 27.1. The van der Waals surface area contributed by atoms with Crippen LogP contribution in [-0.2, 0) is 23.9 Å². The highest BCUT2D eigenvalue weighted by atomic mass is 35.5. The molecule has 14 N–H and O–H groups in total. The summed E-state index contributed by atoms with van der Waals surface area (Å²) in [5.74, 6) is -11.4. The number of halogens is 2. The second-order valence-electron chi connectivity index (χ2n) is 13.6. The van der Waals surface area contributed by atoms with Crippen molar-refractivity contribution < 1.29 is 82.5 Å². The summed E-state index contributed by atoms with van der Waals surface area (Å²) < 4.78 is 27.9. The fourth-order valence-corrected chi connectivity index (χ4v) is 5.51. The van der Waals surface area contributed by atoms with Crippen LogP contribution in [0.5, 0.6) is 23.0 Å². The third kappa shape index (κ3) is 18.3. The Bertz CT molecular complexity index is 2370. The number of carboxylic acids is 4. The highest BCUT2D eigenvalue weighted by Crippen LogP contribution is 2.28. The maximum absolute atomic E-state index is 13.2. The third-order valence-corrected chi connectivity index (χ3v) is 8.55. The van der Waals surface area contributed by atoms with Crippen LogP contribution >= 0.6 is 24.8 Å². The van der Waals surface area contributed by atoms with Gasteiger partial charge in [0.1, 0.15) is 48.3 Å². The smallest absolute Gasteiger partial charge is 0.343 e. The Labute approximate surface area is 402 Å². The van der Waals surface area contributed by atoms with Gasteiger partial charge in [0.2, 0.25) is 0 Å². The van der Waals surface area contributed by atoms with Gasteiger partial charge in [-0.25, -0.2) is 19.2 Å². The second-order valence-corrected chi connectivity index (χ2v) is 13.6. The molecule has 0 aromatic heterocycles. The molecule has 0 fully saturated rings. The van der Waals surface area contributed by atoms with Crippen molar-refractivity contribution in [2.45, 2.75) is 24.9 Å². The summed E-state index contributed by atoms with van der Waals surface area (Å²) in [5, 5.41) is 61.1. The molecule has 2 amide bonds. The standard InChI is InChI=1S/C42H42N8O17.2ClH/c43-41(44)47-23-5-1-21(2-6-23)39(61)66-25-9-11-27(35(55)49-29(37(57)58)19-33(51)52)31(17-25)64-15-13-63-14-16-65-32-18-26(67-40(62)22-3-7-24(8-4-22)48-42(45)46)10-12-28(32)36(56)50-30(38(59)60)20-34(53)54;;/h1-12,17-18,29-30H,13-16,19-20H2,(H,49,55)(H,50,56)(H,51,52)(H,53,54)(H,57,58)(H,59,60)(H4,43,44,47)(H4,45,46,48);2*1H. The van der Waals surface area contributed by atoms with E-state index in [2.05, 4.69) is 21.3 Å². The highest BCUT2D eigenvalue weighted by Gasteiger charge is 2.27. The summed E-state index contributed by atoms with van der Waals surface area (Å²) in [7, 11) is 0. The average Bonchev–Trinajstić information content (AvgIpc) is 3.25. The van der Waals surface area contributed by atoms with Crippen LogP contribution in [0, 0.1) is 10.8 Å². The van der Waals surface area contributed by atoms with Crippen LogP contribution in [0.15, 0.2) is 84.9 Å². The Balaban J connectivity index is 0.00000817. The average molecular weight is 1000 g/mol. The molecule has 0 aliphatic rings. The molecular formula is C42H44Cl2N8O17. The molecule has 2 atom stereocenters. The minimum atomic E-state index is -1.82. The summed E-state index contributed by atoms with van der Waals surface area (Å²) in [6, 6.07) is 14.8. The lowest BCUT2D eigenvalue weighted by atomic mass is 10.1. The van der Waals surface area contributed by atoms with Gasteiger partial charge in [0, 0.05) is 23.5 Å². The molecule has 0 heterocycles. The molecular weight excluding hydrogens is 959 g/mol. The van der Waals surface area contributed by atoms with Crippen molar-refractivity contribution in [3.05, 3.63) is 107 Å². The van der Waals surface area contributed by atoms with Crippen LogP contribution in [0.3, 0.4) is 0 Å². The van der Waals surface area contributed by atoms with Crippen molar-refractivity contribution in [2.24, 2.45) is 11.5 Å². The summed E-state index contributed by atoms with van der Waals surface area (Å²) in [4.78, 5) is 98.0. The number of carbonyl (C=O) groups is 8. The van der Waals surface area contributed by atoms with Crippen LogP contribution in [0.2, 0.25) is 0 Å². The first-order chi connectivity index (χ1) is 31.8. The maximum Gasteiger partial charge on any atom is 0.343 e. The lowest BCUT2D eigenvalue weighted by Gasteiger charge is -2.17. The fourth-order valence-electron chi connectivity index (χ4n) is 5.51. The summed E-state index contributed by atoms with van der Waals surface area (Å²) >= 11 is 0. The monoisotopic (exact) mass is 1000 g/mol. The van der Waals surface area contributed by atoms with Crippen LogP contribution in [-0.4, -0.2) is 118 Å². The quantitative estimate of drug-likeness (QED) is 0.0158. The Kier molecular flexibility index (Phi) is 22.2. The predicted molar refractivity (Wildman–Crippen MR) is 245 cm³/mol. The number of ether oxygens (including phenoxy) is 5. The van der Waals surface area contributed by atoms with Crippen LogP contribution in [0.25, 0.3) is 0 Å². The highest BCUT2D eigenvalue weighted by molar-refractivity contribution is 6.01. The fraction of sp³-hybridized carbons (Fsp3) is 0.190. The zero-order valence-corrected chi connectivity index (χ0v) is 37.2. The molecule has 2 unspecified atom stereocenters. The van der Waals surface area contributed by atoms with E-state index >= 15 is 0 Å². The molecule has 0 aliphatic heterocycles. The number of guanidine groups is 2. The van der Waals surface area contributed by atoms with Gasteiger partial charge in [-0.05, 0) is 72.8 Å². The normalized spacial score (nSPS) is 11.0. The molecule has 368 valence electrons. The van der Waals surface area contributed by atoms with Gasteiger partial charge in [-0.3, -0.25) is 30.0 Å². The molecule has 4 aromatic carbocycles. The number of hydrogen-bond acceptors (Lipinski definition) is 15. The molecule has 0 bridgehead atoms. The van der Waals surface area contributed by atoms with Crippen molar-refractivity contribution in [3.63, 3.8) is 0 Å². The Morgan fingerprint density at radius 1 is 0.522 bits per heavy atom. The van der Waals surface area contributed by atoms with E-state index in [1.54, 1.807) is 0 Å². The zero-order valence-electron chi connectivity index (χ0n) is 35.5. The molecule has 4 aromatic rings. The first-order valence-electron chi connectivity index (χ1n) is 19.3. The number of carboxylic acid groups (broad SMARTS) is 4. The number of carbonyl (C=O) groups excluding carboxylic acids is 4. The number of nitrogens with two attached hydrogens (primary N) is 2. The van der Waals surface area contributed by atoms with E-state index in [9.17, 15) is 48.6 Å². The van der Waals surface area contributed by atoms with Crippen molar-refractivity contribution in [1.29, 1.82) is 10.8 Å². The van der Waals surface area contributed by atoms with Gasteiger partial charge in [-0.2, -0.15) is 0 Å². The Hall–Kier alpha value is -8.68. The van der Waals surface area contributed by atoms with Gasteiger partial charge in [0.05, 0.1) is 48.3 Å². The molecule has 0 radical (unpaired) electrons. The van der Waals surface area contributed by atoms with E-state index in [4.69, 9.17) is 56.2 Å². The van der Waals surface area contributed by atoms with E-state index in [1.807, 2.05) is 0 Å². The number of amides is 2. The minimum absolute atomic E-state index is 0. The van der Waals surface area contributed by atoms with Crippen LogP contribution in [0.4, 0.5) is 11.4 Å². The van der Waals surface area contributed by atoms with Crippen molar-refractivity contribution >= 4 is 95.7 Å². The number of benzene rings is 4. The molecule has 0 saturated carbocycles. The van der Waals surface area contributed by atoms with E-state index < -0.39 is 72.6 Å². The lowest BCUT2D eigenvalue weighted by molar-refractivity contribution is -0.145. The Morgan fingerprint density at radius 3 is 1.17 bits per heavy atom. The molecule has 69 heavy (non-hydrogen) atoms. The van der Waals surface area contributed by atoms with Gasteiger partial charge < -0.3 is 76.8 Å². The Morgan fingerprint density at radius 2 is 0.870 bits per heavy atom. The van der Waals surface area contributed by atoms with E-state index in [0.29, 0.717) is 11.4 Å². The molecule has 27 heteroatoms. The summed E-state index contributed by atoms with van der Waals surface area (Å²) in [6.45, 7) is -1.03.